The van der Waals surface area contributed by atoms with Gasteiger partial charge in [0.2, 0.25) is 15.9 Å². The second-order valence-electron chi connectivity index (χ2n) is 16.3. The van der Waals surface area contributed by atoms with Gasteiger partial charge in [-0.2, -0.15) is 0 Å². The van der Waals surface area contributed by atoms with Crippen molar-refractivity contribution in [2.45, 2.75) is 107 Å². The molecule has 49 heavy (non-hydrogen) atoms. The van der Waals surface area contributed by atoms with Crippen LogP contribution in [0.3, 0.4) is 0 Å². The molecule has 2 amide bonds. The SMILES string of the molecule is COc1ccc2c(c1)C1CC1(C(=O)N1C[C@@H]3C[C@H]1CN3CC(C)C)Cn1c-2c(C2CCCCC2)c2ccc(C(=O)NS(=O)(=O)C3CC3)cc21. The van der Waals surface area contributed by atoms with E-state index in [0.29, 0.717) is 42.8 Å². The van der Waals surface area contributed by atoms with Crippen LogP contribution in [0.4, 0.5) is 0 Å². The van der Waals surface area contributed by atoms with Gasteiger partial charge in [-0.15, -0.1) is 0 Å². The van der Waals surface area contributed by atoms with Crippen molar-refractivity contribution < 1.29 is 22.7 Å². The molecule has 2 saturated heterocycles. The molecule has 1 N–H and O–H groups in total. The molecule has 9 rings (SSSR count). The second kappa shape index (κ2) is 11.3. The zero-order valence-corrected chi connectivity index (χ0v) is 29.7. The lowest BCUT2D eigenvalue weighted by molar-refractivity contribution is -0.140. The summed E-state index contributed by atoms with van der Waals surface area (Å²) in [5.41, 5.74) is 5.48. The van der Waals surface area contributed by atoms with Crippen LogP contribution in [0.5, 0.6) is 5.75 Å². The van der Waals surface area contributed by atoms with Crippen molar-refractivity contribution in [3.05, 3.63) is 53.1 Å². The Labute approximate surface area is 289 Å². The van der Waals surface area contributed by atoms with E-state index in [2.05, 4.69) is 45.1 Å². The largest absolute Gasteiger partial charge is 0.497 e. The Morgan fingerprint density at radius 3 is 2.49 bits per heavy atom. The third-order valence-electron chi connectivity index (χ3n) is 12.6. The smallest absolute Gasteiger partial charge is 0.264 e. The highest BCUT2D eigenvalue weighted by molar-refractivity contribution is 7.91. The maximum atomic E-state index is 15.0. The number of aromatic nitrogens is 1. The van der Waals surface area contributed by atoms with Gasteiger partial charge in [-0.05, 0) is 91.8 Å². The average Bonchev–Trinajstić information content (AvgIpc) is 3.98. The number of methoxy groups -OCH3 is 1. The third kappa shape index (κ3) is 5.06. The standard InChI is InChI=1S/C39H48N4O5S/c1-23(2)19-41-20-27-16-26(41)21-42(27)38(45)39-18-33(39)32-17-28(48-3)10-14-30(32)36-35(24-7-5-4-6-8-24)31-13-9-25(15-34(31)43(36)22-39)37(44)40-49(46,47)29-11-12-29/h9-10,13-15,17,23-24,26-27,29,33H,4-8,11-12,16,18-22H2,1-3H3,(H,40,44)/t26-,27-,33?,39?/m0/s1. The molecule has 260 valence electrons. The molecule has 1 aromatic heterocycles. The van der Waals surface area contributed by atoms with E-state index in [1.54, 1.807) is 13.2 Å². The van der Waals surface area contributed by atoms with Crippen molar-refractivity contribution >= 4 is 32.7 Å². The first-order chi connectivity index (χ1) is 23.6. The molecule has 5 fully saturated rings. The zero-order valence-electron chi connectivity index (χ0n) is 28.9. The maximum absolute atomic E-state index is 15.0. The summed E-state index contributed by atoms with van der Waals surface area (Å²) in [6.45, 7) is 7.89. The number of amides is 2. The molecule has 9 nitrogen and oxygen atoms in total. The van der Waals surface area contributed by atoms with Crippen molar-refractivity contribution in [1.82, 2.24) is 19.1 Å². The molecule has 3 aliphatic carbocycles. The number of hydrogen-bond acceptors (Lipinski definition) is 6. The lowest BCUT2D eigenvalue weighted by atomic mass is 9.81. The number of likely N-dealkylation sites (tertiary alicyclic amines) is 2. The number of hydrogen-bond donors (Lipinski definition) is 1. The minimum Gasteiger partial charge on any atom is -0.497 e. The van der Waals surface area contributed by atoms with Crippen LogP contribution < -0.4 is 9.46 Å². The minimum atomic E-state index is -3.69. The van der Waals surface area contributed by atoms with Gasteiger partial charge in [-0.25, -0.2) is 13.1 Å². The average molecular weight is 685 g/mol. The summed E-state index contributed by atoms with van der Waals surface area (Å²) >= 11 is 0. The van der Waals surface area contributed by atoms with Crippen LogP contribution in [0.2, 0.25) is 0 Å². The van der Waals surface area contributed by atoms with Crippen LogP contribution in [0.25, 0.3) is 22.2 Å². The predicted molar refractivity (Wildman–Crippen MR) is 189 cm³/mol. The number of nitrogens with one attached hydrogen (secondary N) is 1. The van der Waals surface area contributed by atoms with Gasteiger partial charge in [0.05, 0.1) is 23.5 Å². The van der Waals surface area contributed by atoms with E-state index < -0.39 is 26.6 Å². The van der Waals surface area contributed by atoms with Crippen LogP contribution in [0.1, 0.15) is 105 Å². The van der Waals surface area contributed by atoms with Crippen LogP contribution in [0, 0.1) is 11.3 Å². The number of benzene rings is 2. The summed E-state index contributed by atoms with van der Waals surface area (Å²) in [5, 5.41) is 0.628. The quantitative estimate of drug-likeness (QED) is 0.312. The topological polar surface area (TPSA) is 101 Å². The molecule has 6 aliphatic rings. The Balaban J connectivity index is 1.17. The highest BCUT2D eigenvalue weighted by Gasteiger charge is 2.65. The minimum absolute atomic E-state index is 0.0836. The molecule has 4 heterocycles. The van der Waals surface area contributed by atoms with E-state index in [-0.39, 0.29) is 17.9 Å². The van der Waals surface area contributed by atoms with Gasteiger partial charge in [-0.1, -0.05) is 39.2 Å². The van der Waals surface area contributed by atoms with E-state index in [1.165, 1.54) is 30.4 Å². The third-order valence-corrected chi connectivity index (χ3v) is 14.4. The molecule has 4 atom stereocenters. The van der Waals surface area contributed by atoms with E-state index in [9.17, 15) is 18.0 Å². The lowest BCUT2D eigenvalue weighted by Crippen LogP contribution is -2.52. The van der Waals surface area contributed by atoms with E-state index in [1.807, 2.05) is 18.2 Å². The first kappa shape index (κ1) is 31.6. The number of carbonyl (C=O) groups is 2. The van der Waals surface area contributed by atoms with Crippen LogP contribution >= 0.6 is 0 Å². The summed E-state index contributed by atoms with van der Waals surface area (Å²) < 4.78 is 35.9. The Kier molecular flexibility index (Phi) is 7.30. The Morgan fingerprint density at radius 2 is 1.80 bits per heavy atom. The summed E-state index contributed by atoms with van der Waals surface area (Å²) in [6, 6.07) is 12.8. The monoisotopic (exact) mass is 684 g/mol. The van der Waals surface area contributed by atoms with Gasteiger partial charge >= 0.3 is 0 Å². The van der Waals surface area contributed by atoms with E-state index >= 15 is 0 Å². The molecule has 2 bridgehead atoms. The van der Waals surface area contributed by atoms with Gasteiger partial charge in [0, 0.05) is 66.2 Å². The summed E-state index contributed by atoms with van der Waals surface area (Å²) in [7, 11) is -1.99. The van der Waals surface area contributed by atoms with Crippen LogP contribution in [0.15, 0.2) is 36.4 Å². The number of fused-ring (bicyclic) bond motifs is 9. The Morgan fingerprint density at radius 1 is 1.00 bits per heavy atom. The number of piperazine rings is 1. The zero-order chi connectivity index (χ0) is 33.8. The molecule has 3 aromatic rings. The van der Waals surface area contributed by atoms with Crippen molar-refractivity contribution in [3.8, 4) is 17.0 Å². The fraction of sp³-hybridized carbons (Fsp3) is 0.590. The number of nitrogens with zero attached hydrogens (tertiary/aromatic N) is 3. The van der Waals surface area contributed by atoms with Gasteiger partial charge in [0.1, 0.15) is 5.75 Å². The van der Waals surface area contributed by atoms with Gasteiger partial charge < -0.3 is 14.2 Å². The van der Waals surface area contributed by atoms with Crippen LogP contribution in [-0.2, 0) is 21.4 Å². The van der Waals surface area contributed by atoms with Gasteiger partial charge in [0.25, 0.3) is 5.91 Å². The molecule has 3 saturated carbocycles. The molecule has 10 heteroatoms. The Hall–Kier alpha value is -3.37. The number of ether oxygens (including phenoxy) is 1. The predicted octanol–water partition coefficient (Wildman–Crippen LogP) is 6.02. The molecular weight excluding hydrogens is 637 g/mol. The summed E-state index contributed by atoms with van der Waals surface area (Å²) in [6.07, 6.45) is 8.84. The first-order valence-electron chi connectivity index (χ1n) is 18.5. The number of sulfonamides is 1. The van der Waals surface area contributed by atoms with Gasteiger partial charge in [-0.3, -0.25) is 14.5 Å². The van der Waals surface area contributed by atoms with Crippen molar-refractivity contribution in [1.29, 1.82) is 0 Å². The molecule has 2 aromatic carbocycles. The lowest BCUT2D eigenvalue weighted by Gasteiger charge is -2.37. The molecule has 3 aliphatic heterocycles. The van der Waals surface area contributed by atoms with Crippen LogP contribution in [-0.4, -0.2) is 78.7 Å². The molecular formula is C39H48N4O5S. The summed E-state index contributed by atoms with van der Waals surface area (Å²) in [5.74, 6) is 1.54. The van der Waals surface area contributed by atoms with Crippen molar-refractivity contribution in [3.63, 3.8) is 0 Å². The van der Waals surface area contributed by atoms with E-state index in [4.69, 9.17) is 4.74 Å². The van der Waals surface area contributed by atoms with E-state index in [0.717, 1.165) is 73.2 Å². The highest BCUT2D eigenvalue weighted by atomic mass is 32.2. The second-order valence-corrected chi connectivity index (χ2v) is 18.3. The number of rotatable bonds is 8. The maximum Gasteiger partial charge on any atom is 0.264 e. The highest BCUT2D eigenvalue weighted by Crippen LogP contribution is 2.66. The Bertz CT molecular complexity index is 1980. The normalized spacial score (nSPS) is 27.9. The number of carbonyl (C=O) groups excluding carboxylic acids is 2. The molecule has 2 unspecified atom stereocenters. The van der Waals surface area contributed by atoms with Crippen molar-refractivity contribution in [2.24, 2.45) is 11.3 Å². The molecule has 0 spiro atoms. The summed E-state index contributed by atoms with van der Waals surface area (Å²) in [4.78, 5) is 33.2. The van der Waals surface area contributed by atoms with Gasteiger partial charge in [0.15, 0.2) is 0 Å². The first-order valence-corrected chi connectivity index (χ1v) is 20.1. The fourth-order valence-corrected chi connectivity index (χ4v) is 11.3. The molecule has 0 radical (unpaired) electrons. The van der Waals surface area contributed by atoms with Crippen molar-refractivity contribution in [2.75, 3.05) is 26.7 Å². The fourth-order valence-electron chi connectivity index (χ4n) is 10.0.